The molecule has 3 aromatic carbocycles. The lowest BCUT2D eigenvalue weighted by Gasteiger charge is -2.10. The van der Waals surface area contributed by atoms with Crippen LogP contribution in [0.1, 0.15) is 15.9 Å². The van der Waals surface area contributed by atoms with Crippen LogP contribution in [0.2, 0.25) is 0 Å². The van der Waals surface area contributed by atoms with Gasteiger partial charge in [-0.05, 0) is 11.6 Å². The Balaban J connectivity index is 2.16. The molecule has 0 aromatic heterocycles. The van der Waals surface area contributed by atoms with E-state index in [1.807, 2.05) is 6.07 Å². The first-order chi connectivity index (χ1) is 11.6. The van der Waals surface area contributed by atoms with Crippen LogP contribution in [-0.4, -0.2) is 15.8 Å². The lowest BCUT2D eigenvalue weighted by atomic mass is 9.93. The van der Waals surface area contributed by atoms with E-state index >= 15 is 0 Å². The van der Waals surface area contributed by atoms with E-state index in [1.54, 1.807) is 48.5 Å². The van der Waals surface area contributed by atoms with E-state index in [0.717, 1.165) is 0 Å². The number of phenolic OH excluding ortho intramolecular Hbond substituents is 1. The summed E-state index contributed by atoms with van der Waals surface area (Å²) in [5, 5.41) is 21.1. The third-order valence-electron chi connectivity index (χ3n) is 3.69. The van der Waals surface area contributed by atoms with Crippen LogP contribution >= 0.6 is 0 Å². The molecule has 3 rings (SSSR count). The van der Waals surface area contributed by atoms with Crippen molar-refractivity contribution in [3.63, 3.8) is 0 Å². The maximum atomic E-state index is 12.8. The molecular weight excluding hydrogens is 306 g/mol. The van der Waals surface area contributed by atoms with Gasteiger partial charge in [-0.25, -0.2) is 0 Å². The van der Waals surface area contributed by atoms with E-state index in [9.17, 15) is 20.0 Å². The van der Waals surface area contributed by atoms with Crippen molar-refractivity contribution >= 4 is 11.5 Å². The molecule has 0 fully saturated rings. The van der Waals surface area contributed by atoms with Gasteiger partial charge in [0.05, 0.1) is 4.92 Å². The molecule has 3 aromatic rings. The highest BCUT2D eigenvalue weighted by atomic mass is 16.6. The smallest absolute Gasteiger partial charge is 0.270 e. The molecule has 0 atom stereocenters. The number of benzene rings is 3. The number of phenols is 1. The Kier molecular flexibility index (Phi) is 4.07. The largest absolute Gasteiger partial charge is 0.507 e. The standard InChI is InChI=1S/C19H13NO4/c21-18-11-10-14(20(23)24)12-17(18)15-8-4-5-9-16(15)19(22)13-6-2-1-3-7-13/h1-12,21H. The number of nitro groups is 1. The number of hydrogen-bond donors (Lipinski definition) is 1. The van der Waals surface area contributed by atoms with Crippen LogP contribution in [0.15, 0.2) is 72.8 Å². The van der Waals surface area contributed by atoms with Gasteiger partial charge >= 0.3 is 0 Å². The van der Waals surface area contributed by atoms with Crippen molar-refractivity contribution in [2.45, 2.75) is 0 Å². The summed E-state index contributed by atoms with van der Waals surface area (Å²) in [7, 11) is 0. The van der Waals surface area contributed by atoms with Gasteiger partial charge in [0, 0.05) is 28.8 Å². The molecule has 0 amide bonds. The van der Waals surface area contributed by atoms with Gasteiger partial charge in [-0.3, -0.25) is 14.9 Å². The summed E-state index contributed by atoms with van der Waals surface area (Å²) in [5.74, 6) is -0.328. The average Bonchev–Trinajstić information content (AvgIpc) is 2.62. The Morgan fingerprint density at radius 1 is 0.875 bits per heavy atom. The molecule has 0 unspecified atom stereocenters. The van der Waals surface area contributed by atoms with Crippen molar-refractivity contribution in [2.75, 3.05) is 0 Å². The third-order valence-corrected chi connectivity index (χ3v) is 3.69. The van der Waals surface area contributed by atoms with Crippen LogP contribution < -0.4 is 0 Å². The Bertz CT molecular complexity index is 920. The predicted molar refractivity (Wildman–Crippen MR) is 90.1 cm³/mol. The van der Waals surface area contributed by atoms with Crippen LogP contribution in [0.3, 0.4) is 0 Å². The van der Waals surface area contributed by atoms with Crippen LogP contribution in [0, 0.1) is 10.1 Å². The molecule has 0 bridgehead atoms. The van der Waals surface area contributed by atoms with Crippen molar-refractivity contribution in [2.24, 2.45) is 0 Å². The second-order valence-corrected chi connectivity index (χ2v) is 5.20. The number of aromatic hydroxyl groups is 1. The van der Waals surface area contributed by atoms with Crippen molar-refractivity contribution in [3.05, 3.63) is 94.0 Å². The zero-order chi connectivity index (χ0) is 17.1. The number of nitro benzene ring substituents is 1. The molecule has 0 heterocycles. The third kappa shape index (κ3) is 2.87. The minimum absolute atomic E-state index is 0.117. The lowest BCUT2D eigenvalue weighted by molar-refractivity contribution is -0.384. The number of carbonyl (C=O) groups excluding carboxylic acids is 1. The van der Waals surface area contributed by atoms with Crippen LogP contribution in [-0.2, 0) is 0 Å². The lowest BCUT2D eigenvalue weighted by Crippen LogP contribution is -2.03. The van der Waals surface area contributed by atoms with Crippen LogP contribution in [0.4, 0.5) is 5.69 Å². The summed E-state index contributed by atoms with van der Waals surface area (Å²) in [4.78, 5) is 23.2. The fourth-order valence-electron chi connectivity index (χ4n) is 2.51. The molecule has 0 saturated heterocycles. The number of hydrogen-bond acceptors (Lipinski definition) is 4. The number of nitrogens with zero attached hydrogens (tertiary/aromatic N) is 1. The normalized spacial score (nSPS) is 10.3. The Labute approximate surface area is 138 Å². The SMILES string of the molecule is O=C(c1ccccc1)c1ccccc1-c1cc([N+](=O)[O-])ccc1O. The number of rotatable bonds is 4. The van der Waals surface area contributed by atoms with Crippen molar-refractivity contribution in [3.8, 4) is 16.9 Å². The van der Waals surface area contributed by atoms with Gasteiger partial charge in [0.25, 0.3) is 5.69 Å². The maximum Gasteiger partial charge on any atom is 0.270 e. The quantitative estimate of drug-likeness (QED) is 0.444. The predicted octanol–water partition coefficient (Wildman–Crippen LogP) is 4.20. The number of ketones is 1. The molecule has 1 N–H and O–H groups in total. The van der Waals surface area contributed by atoms with Gasteiger partial charge in [-0.1, -0.05) is 54.6 Å². The highest BCUT2D eigenvalue weighted by Crippen LogP contribution is 2.35. The highest BCUT2D eigenvalue weighted by molar-refractivity contribution is 6.13. The monoisotopic (exact) mass is 319 g/mol. The minimum atomic E-state index is -0.537. The fraction of sp³-hybridized carbons (Fsp3) is 0. The first kappa shape index (κ1) is 15.4. The summed E-state index contributed by atoms with van der Waals surface area (Å²) in [5.41, 5.74) is 1.44. The van der Waals surface area contributed by atoms with Crippen molar-refractivity contribution < 1.29 is 14.8 Å². The Morgan fingerprint density at radius 2 is 1.54 bits per heavy atom. The topological polar surface area (TPSA) is 80.4 Å². The molecule has 0 radical (unpaired) electrons. The zero-order valence-corrected chi connectivity index (χ0v) is 12.5. The second kappa shape index (κ2) is 6.34. The van der Waals surface area contributed by atoms with Gasteiger partial charge in [0.2, 0.25) is 0 Å². The number of carbonyl (C=O) groups is 1. The molecule has 0 aliphatic carbocycles. The van der Waals surface area contributed by atoms with Gasteiger partial charge in [0.15, 0.2) is 5.78 Å². The molecule has 0 aliphatic rings. The molecule has 24 heavy (non-hydrogen) atoms. The van der Waals surface area contributed by atoms with E-state index in [4.69, 9.17) is 0 Å². The van der Waals surface area contributed by atoms with E-state index in [0.29, 0.717) is 16.7 Å². The number of non-ortho nitro benzene ring substituents is 1. The van der Waals surface area contributed by atoms with Gasteiger partial charge in [0.1, 0.15) is 5.75 Å². The molecular formula is C19H13NO4. The highest BCUT2D eigenvalue weighted by Gasteiger charge is 2.18. The summed E-state index contributed by atoms with van der Waals surface area (Å²) in [6, 6.07) is 19.2. The molecule has 118 valence electrons. The molecule has 0 saturated carbocycles. The van der Waals surface area contributed by atoms with Crippen LogP contribution in [0.25, 0.3) is 11.1 Å². The molecule has 5 nitrogen and oxygen atoms in total. The molecule has 0 aliphatic heterocycles. The van der Waals surface area contributed by atoms with E-state index in [-0.39, 0.29) is 22.8 Å². The second-order valence-electron chi connectivity index (χ2n) is 5.20. The summed E-state index contributed by atoms with van der Waals surface area (Å²) < 4.78 is 0. The average molecular weight is 319 g/mol. The molecule has 5 heteroatoms. The van der Waals surface area contributed by atoms with Crippen LogP contribution in [0.5, 0.6) is 5.75 Å². The van der Waals surface area contributed by atoms with Crippen molar-refractivity contribution in [1.82, 2.24) is 0 Å². The van der Waals surface area contributed by atoms with Gasteiger partial charge in [-0.2, -0.15) is 0 Å². The van der Waals surface area contributed by atoms with E-state index in [1.165, 1.54) is 18.2 Å². The van der Waals surface area contributed by atoms with Gasteiger partial charge in [-0.15, -0.1) is 0 Å². The first-order valence-electron chi connectivity index (χ1n) is 7.24. The summed E-state index contributed by atoms with van der Waals surface area (Å²) in [6.45, 7) is 0. The minimum Gasteiger partial charge on any atom is -0.507 e. The fourth-order valence-corrected chi connectivity index (χ4v) is 2.51. The first-order valence-corrected chi connectivity index (χ1v) is 7.24. The van der Waals surface area contributed by atoms with Gasteiger partial charge < -0.3 is 5.11 Å². The van der Waals surface area contributed by atoms with E-state index in [2.05, 4.69) is 0 Å². The Hall–Kier alpha value is -3.47. The summed E-state index contributed by atoms with van der Waals surface area (Å²) in [6.07, 6.45) is 0. The van der Waals surface area contributed by atoms with Crippen molar-refractivity contribution in [1.29, 1.82) is 0 Å². The van der Waals surface area contributed by atoms with E-state index < -0.39 is 4.92 Å². The summed E-state index contributed by atoms with van der Waals surface area (Å²) >= 11 is 0. The Morgan fingerprint density at radius 3 is 2.25 bits per heavy atom. The maximum absolute atomic E-state index is 12.8. The zero-order valence-electron chi connectivity index (χ0n) is 12.5. The molecule has 0 spiro atoms.